The maximum absolute atomic E-state index is 13.5. The third-order valence-corrected chi connectivity index (χ3v) is 2.39. The quantitative estimate of drug-likeness (QED) is 0.352. The van der Waals surface area contributed by atoms with Crippen LogP contribution in [0.2, 0.25) is 0 Å². The normalized spacial score (nSPS) is 11.9. The summed E-state index contributed by atoms with van der Waals surface area (Å²) in [5, 5.41) is 12.1. The SMILES string of the molecule is [N-]=[N+]=NC(CCCCO)c1cc(F)ccc1F. The monoisotopic (exact) mass is 241 g/mol. The highest BCUT2D eigenvalue weighted by Crippen LogP contribution is 2.26. The van der Waals surface area contributed by atoms with Crippen molar-refractivity contribution in [3.63, 3.8) is 0 Å². The number of unbranched alkanes of at least 4 members (excludes halogenated alkanes) is 1. The second-order valence-corrected chi connectivity index (χ2v) is 3.61. The fourth-order valence-corrected chi connectivity index (χ4v) is 1.56. The van der Waals surface area contributed by atoms with Gasteiger partial charge in [0.05, 0.1) is 6.04 Å². The van der Waals surface area contributed by atoms with Crippen LogP contribution < -0.4 is 0 Å². The number of nitrogens with zero attached hydrogens (tertiary/aromatic N) is 3. The minimum atomic E-state index is -0.734. The maximum atomic E-state index is 13.5. The van der Waals surface area contributed by atoms with E-state index in [1.54, 1.807) is 0 Å². The molecular weight excluding hydrogens is 228 g/mol. The summed E-state index contributed by atoms with van der Waals surface area (Å²) in [5.41, 5.74) is 8.46. The Kier molecular flexibility index (Phi) is 5.39. The molecule has 4 nitrogen and oxygen atoms in total. The van der Waals surface area contributed by atoms with Crippen LogP contribution in [-0.4, -0.2) is 11.7 Å². The topological polar surface area (TPSA) is 69.0 Å². The predicted molar refractivity (Wildman–Crippen MR) is 59.2 cm³/mol. The molecule has 1 rings (SSSR count). The number of halogens is 2. The van der Waals surface area contributed by atoms with Gasteiger partial charge in [-0.15, -0.1) is 0 Å². The van der Waals surface area contributed by atoms with Gasteiger partial charge < -0.3 is 5.11 Å². The average molecular weight is 241 g/mol. The van der Waals surface area contributed by atoms with E-state index in [0.29, 0.717) is 19.3 Å². The molecule has 0 fully saturated rings. The van der Waals surface area contributed by atoms with Crippen molar-refractivity contribution in [1.82, 2.24) is 0 Å². The van der Waals surface area contributed by atoms with Crippen molar-refractivity contribution in [2.75, 3.05) is 6.61 Å². The lowest BCUT2D eigenvalue weighted by atomic mass is 10.0. The highest BCUT2D eigenvalue weighted by molar-refractivity contribution is 5.22. The molecule has 0 aliphatic carbocycles. The van der Waals surface area contributed by atoms with E-state index in [2.05, 4.69) is 10.0 Å². The molecule has 6 heteroatoms. The number of benzene rings is 1. The zero-order chi connectivity index (χ0) is 12.7. The average Bonchev–Trinajstić information content (AvgIpc) is 2.32. The summed E-state index contributed by atoms with van der Waals surface area (Å²) in [4.78, 5) is 2.64. The summed E-state index contributed by atoms with van der Waals surface area (Å²) < 4.78 is 26.4. The first-order chi connectivity index (χ1) is 8.19. The fourth-order valence-electron chi connectivity index (χ4n) is 1.56. The number of azide groups is 1. The van der Waals surface area contributed by atoms with Crippen molar-refractivity contribution in [3.05, 3.63) is 45.8 Å². The Labute approximate surface area is 97.5 Å². The Hall–Kier alpha value is -1.65. The minimum Gasteiger partial charge on any atom is -0.396 e. The van der Waals surface area contributed by atoms with Gasteiger partial charge in [0.25, 0.3) is 0 Å². The lowest BCUT2D eigenvalue weighted by molar-refractivity contribution is 0.281. The standard InChI is InChI=1S/C11H13F2N3O/c12-8-4-5-10(13)9(7-8)11(15-16-14)3-1-2-6-17/h4-5,7,11,17H,1-3,6H2. The van der Waals surface area contributed by atoms with Gasteiger partial charge in [0.1, 0.15) is 11.6 Å². The molecule has 0 amide bonds. The van der Waals surface area contributed by atoms with Crippen LogP contribution in [0, 0.1) is 11.6 Å². The lowest BCUT2D eigenvalue weighted by Crippen LogP contribution is -2.00. The Morgan fingerprint density at radius 3 is 2.76 bits per heavy atom. The van der Waals surface area contributed by atoms with Gasteiger partial charge in [0.15, 0.2) is 0 Å². The van der Waals surface area contributed by atoms with Gasteiger partial charge in [-0.3, -0.25) is 0 Å². The number of hydrogen-bond donors (Lipinski definition) is 1. The van der Waals surface area contributed by atoms with Gasteiger partial charge in [-0.25, -0.2) is 8.78 Å². The second-order valence-electron chi connectivity index (χ2n) is 3.61. The van der Waals surface area contributed by atoms with Crippen LogP contribution in [0.1, 0.15) is 30.9 Å². The van der Waals surface area contributed by atoms with Crippen molar-refractivity contribution in [2.24, 2.45) is 5.11 Å². The van der Waals surface area contributed by atoms with Crippen LogP contribution in [0.5, 0.6) is 0 Å². The first-order valence-electron chi connectivity index (χ1n) is 5.29. The molecule has 17 heavy (non-hydrogen) atoms. The molecule has 0 aliphatic rings. The molecule has 1 atom stereocenters. The van der Waals surface area contributed by atoms with E-state index >= 15 is 0 Å². The van der Waals surface area contributed by atoms with Gasteiger partial charge in [-0.05, 0) is 42.1 Å². The molecule has 1 aromatic rings. The van der Waals surface area contributed by atoms with Crippen molar-refractivity contribution in [1.29, 1.82) is 0 Å². The van der Waals surface area contributed by atoms with Crippen LogP contribution in [-0.2, 0) is 0 Å². The van der Waals surface area contributed by atoms with Crippen molar-refractivity contribution >= 4 is 0 Å². The molecule has 1 unspecified atom stereocenters. The molecule has 0 saturated carbocycles. The lowest BCUT2D eigenvalue weighted by Gasteiger charge is -2.12. The van der Waals surface area contributed by atoms with Crippen molar-refractivity contribution in [3.8, 4) is 0 Å². The molecule has 0 bridgehead atoms. The van der Waals surface area contributed by atoms with Gasteiger partial charge in [-0.2, -0.15) is 0 Å². The highest BCUT2D eigenvalue weighted by atomic mass is 19.1. The molecule has 1 N–H and O–H groups in total. The Morgan fingerprint density at radius 2 is 2.12 bits per heavy atom. The van der Waals surface area contributed by atoms with Crippen LogP contribution in [0.15, 0.2) is 23.3 Å². The number of aliphatic hydroxyl groups excluding tert-OH is 1. The summed E-state index contributed by atoms with van der Waals surface area (Å²) in [6, 6.07) is 2.33. The van der Waals surface area contributed by atoms with Crippen molar-refractivity contribution in [2.45, 2.75) is 25.3 Å². The Balaban J connectivity index is 2.88. The van der Waals surface area contributed by atoms with Gasteiger partial charge in [0.2, 0.25) is 0 Å². The van der Waals surface area contributed by atoms with E-state index in [9.17, 15) is 8.78 Å². The summed E-state index contributed by atoms with van der Waals surface area (Å²) in [6.45, 7) is 0.0224. The van der Waals surface area contributed by atoms with E-state index in [0.717, 1.165) is 18.2 Å². The van der Waals surface area contributed by atoms with Crippen LogP contribution in [0.25, 0.3) is 10.4 Å². The van der Waals surface area contributed by atoms with E-state index in [1.807, 2.05) is 0 Å². The third kappa shape index (κ3) is 4.01. The van der Waals surface area contributed by atoms with Crippen molar-refractivity contribution < 1.29 is 13.9 Å². The fraction of sp³-hybridized carbons (Fsp3) is 0.455. The second kappa shape index (κ2) is 6.83. The van der Waals surface area contributed by atoms with Gasteiger partial charge in [0, 0.05) is 11.5 Å². The molecule has 0 saturated heterocycles. The van der Waals surface area contributed by atoms with E-state index in [4.69, 9.17) is 10.6 Å². The number of hydrogen-bond acceptors (Lipinski definition) is 2. The zero-order valence-electron chi connectivity index (χ0n) is 9.18. The molecule has 1 aromatic carbocycles. The third-order valence-electron chi connectivity index (χ3n) is 2.39. The molecule has 0 heterocycles. The molecule has 92 valence electrons. The minimum absolute atomic E-state index is 0.0224. The van der Waals surface area contributed by atoms with Crippen LogP contribution in [0.4, 0.5) is 8.78 Å². The predicted octanol–water partition coefficient (Wildman–Crippen LogP) is 3.48. The summed E-state index contributed by atoms with van der Waals surface area (Å²) in [6.07, 6.45) is 1.50. The zero-order valence-corrected chi connectivity index (χ0v) is 9.18. The van der Waals surface area contributed by atoms with Gasteiger partial charge in [-0.1, -0.05) is 11.5 Å². The summed E-state index contributed by atoms with van der Waals surface area (Å²) in [7, 11) is 0. The first kappa shape index (κ1) is 13.4. The molecule has 0 aliphatic heterocycles. The van der Waals surface area contributed by atoms with Crippen LogP contribution >= 0.6 is 0 Å². The van der Waals surface area contributed by atoms with E-state index in [-0.39, 0.29) is 12.2 Å². The first-order valence-corrected chi connectivity index (χ1v) is 5.29. The van der Waals surface area contributed by atoms with Crippen LogP contribution in [0.3, 0.4) is 0 Å². The molecule has 0 radical (unpaired) electrons. The Morgan fingerprint density at radius 1 is 1.35 bits per heavy atom. The number of rotatable bonds is 6. The maximum Gasteiger partial charge on any atom is 0.127 e. The van der Waals surface area contributed by atoms with Gasteiger partial charge >= 0.3 is 0 Å². The highest BCUT2D eigenvalue weighted by Gasteiger charge is 2.14. The largest absolute Gasteiger partial charge is 0.396 e. The van der Waals surface area contributed by atoms with E-state index in [1.165, 1.54) is 0 Å². The van der Waals surface area contributed by atoms with E-state index < -0.39 is 17.7 Å². The smallest absolute Gasteiger partial charge is 0.127 e. The molecular formula is C11H13F2N3O. The number of aliphatic hydroxyl groups is 1. The Bertz CT molecular complexity index is 419. The summed E-state index contributed by atoms with van der Waals surface area (Å²) >= 11 is 0. The summed E-state index contributed by atoms with van der Waals surface area (Å²) in [5.74, 6) is -1.16. The molecule has 0 aromatic heterocycles. The molecule has 0 spiro atoms.